The Balaban J connectivity index is 2.41. The molecule has 1 saturated carbocycles. The highest BCUT2D eigenvalue weighted by atomic mass is 16.1. The molecule has 114 valence electrons. The molecule has 0 N–H and O–H groups in total. The molecular weight excluding hydrogens is 248 g/mol. The summed E-state index contributed by atoms with van der Waals surface area (Å²) < 4.78 is 0. The van der Waals surface area contributed by atoms with E-state index in [1.165, 1.54) is 12.0 Å². The van der Waals surface area contributed by atoms with Gasteiger partial charge in [0.25, 0.3) is 0 Å². The van der Waals surface area contributed by atoms with Gasteiger partial charge in [0.15, 0.2) is 0 Å². The fourth-order valence-electron chi connectivity index (χ4n) is 3.38. The predicted octanol–water partition coefficient (Wildman–Crippen LogP) is 4.72. The molecule has 2 nitrogen and oxygen atoms in total. The Kier molecular flexibility index (Phi) is 6.16. The van der Waals surface area contributed by atoms with Crippen molar-refractivity contribution in [2.24, 2.45) is 17.3 Å². The first-order chi connectivity index (χ1) is 9.27. The summed E-state index contributed by atoms with van der Waals surface area (Å²) in [5, 5.41) is 0. The summed E-state index contributed by atoms with van der Waals surface area (Å²) in [5.74, 6) is 1.83. The van der Waals surface area contributed by atoms with Crippen molar-refractivity contribution in [3.8, 4) is 0 Å². The Labute approximate surface area is 124 Å². The van der Waals surface area contributed by atoms with Gasteiger partial charge in [-0.25, -0.2) is 0 Å². The summed E-state index contributed by atoms with van der Waals surface area (Å²) >= 11 is 0. The zero-order valence-electron chi connectivity index (χ0n) is 13.8. The fourth-order valence-corrected chi connectivity index (χ4v) is 3.38. The molecule has 0 saturated heterocycles. The van der Waals surface area contributed by atoms with Crippen molar-refractivity contribution in [3.63, 3.8) is 0 Å². The Morgan fingerprint density at radius 2 is 1.85 bits per heavy atom. The largest absolute Gasteiger partial charge is 0.300 e. The fraction of sp³-hybridized carbons (Fsp3) is 0.778. The van der Waals surface area contributed by atoms with Crippen LogP contribution in [0.2, 0.25) is 0 Å². The van der Waals surface area contributed by atoms with Crippen LogP contribution in [0.25, 0.3) is 0 Å². The van der Waals surface area contributed by atoms with E-state index in [1.807, 2.05) is 0 Å². The normalized spacial score (nSPS) is 26.5. The molecule has 2 heteroatoms. The molecule has 0 amide bonds. The summed E-state index contributed by atoms with van der Waals surface area (Å²) in [5.41, 5.74) is 1.16. The Bertz CT molecular complexity index is 392. The monoisotopic (exact) mass is 278 g/mol. The molecule has 1 rings (SSSR count). The highest BCUT2D eigenvalue weighted by Crippen LogP contribution is 2.51. The lowest BCUT2D eigenvalue weighted by Crippen LogP contribution is -2.46. The molecule has 1 fully saturated rings. The molecule has 0 aromatic heterocycles. The highest BCUT2D eigenvalue weighted by molar-refractivity contribution is 5.86. The molecule has 0 bridgehead atoms. The van der Waals surface area contributed by atoms with Crippen LogP contribution < -0.4 is 0 Å². The van der Waals surface area contributed by atoms with Crippen molar-refractivity contribution in [1.29, 1.82) is 0 Å². The van der Waals surface area contributed by atoms with Gasteiger partial charge in [0.05, 0.1) is 0 Å². The zero-order chi connectivity index (χ0) is 15.3. The minimum Gasteiger partial charge on any atom is -0.300 e. The van der Waals surface area contributed by atoms with E-state index in [0.717, 1.165) is 19.3 Å². The van der Waals surface area contributed by atoms with Crippen LogP contribution in [0, 0.1) is 17.3 Å². The van der Waals surface area contributed by atoms with Gasteiger partial charge in [0, 0.05) is 18.3 Å². The smallest absolute Gasteiger partial charge is 0.139 e. The minimum absolute atomic E-state index is 0.0756. The van der Waals surface area contributed by atoms with Gasteiger partial charge in [-0.3, -0.25) is 4.79 Å². The number of carbonyl (C=O) groups is 2. The van der Waals surface area contributed by atoms with Gasteiger partial charge >= 0.3 is 0 Å². The summed E-state index contributed by atoms with van der Waals surface area (Å²) in [7, 11) is 0. The molecular formula is C18H30O2. The van der Waals surface area contributed by atoms with Crippen LogP contribution in [-0.4, -0.2) is 11.6 Å². The van der Waals surface area contributed by atoms with Crippen LogP contribution in [0.3, 0.4) is 0 Å². The van der Waals surface area contributed by atoms with Gasteiger partial charge in [0.2, 0.25) is 0 Å². The van der Waals surface area contributed by atoms with E-state index < -0.39 is 0 Å². The molecule has 0 heterocycles. The number of allylic oxidation sites excluding steroid dienone is 2. The van der Waals surface area contributed by atoms with Gasteiger partial charge in [0.1, 0.15) is 11.6 Å². The van der Waals surface area contributed by atoms with Crippen molar-refractivity contribution >= 4 is 11.6 Å². The van der Waals surface area contributed by atoms with Gasteiger partial charge in [-0.1, -0.05) is 32.4 Å². The molecule has 1 aliphatic carbocycles. The Morgan fingerprint density at radius 1 is 1.20 bits per heavy atom. The number of carbonyl (C=O) groups excluding carboxylic acids is 2. The van der Waals surface area contributed by atoms with Crippen LogP contribution in [0.15, 0.2) is 11.6 Å². The second-order valence-corrected chi connectivity index (χ2v) is 7.02. The molecule has 0 spiro atoms. The molecule has 2 unspecified atom stereocenters. The van der Waals surface area contributed by atoms with Crippen molar-refractivity contribution in [1.82, 2.24) is 0 Å². The van der Waals surface area contributed by atoms with Crippen LogP contribution >= 0.6 is 0 Å². The number of hydrogen-bond acceptors (Lipinski definition) is 2. The topological polar surface area (TPSA) is 34.1 Å². The van der Waals surface area contributed by atoms with E-state index in [9.17, 15) is 9.59 Å². The second kappa shape index (κ2) is 7.19. The first-order valence-corrected chi connectivity index (χ1v) is 7.95. The summed E-state index contributed by atoms with van der Waals surface area (Å²) in [6.07, 6.45) is 7.28. The zero-order valence-corrected chi connectivity index (χ0v) is 13.8. The second-order valence-electron chi connectivity index (χ2n) is 7.02. The van der Waals surface area contributed by atoms with Crippen molar-refractivity contribution in [2.75, 3.05) is 0 Å². The Hall–Kier alpha value is -0.920. The molecule has 0 aliphatic heterocycles. The maximum Gasteiger partial charge on any atom is 0.139 e. The number of ketones is 2. The third-order valence-electron chi connectivity index (χ3n) is 4.97. The third kappa shape index (κ3) is 4.29. The number of Topliss-reactive ketones (excluding diaryl/α,β-unsaturated/α-hetero) is 2. The summed E-state index contributed by atoms with van der Waals surface area (Å²) in [6, 6.07) is 0. The highest BCUT2D eigenvalue weighted by Gasteiger charge is 2.48. The van der Waals surface area contributed by atoms with Crippen LogP contribution in [-0.2, 0) is 9.59 Å². The molecule has 0 radical (unpaired) electrons. The SMILES string of the molecule is CC(=O)CCC=C(C)CCC(=O)C1(C)CCC1C(C)C. The quantitative estimate of drug-likeness (QED) is 0.602. The van der Waals surface area contributed by atoms with Crippen molar-refractivity contribution in [2.45, 2.75) is 73.1 Å². The van der Waals surface area contributed by atoms with Crippen molar-refractivity contribution in [3.05, 3.63) is 11.6 Å². The molecule has 0 aromatic carbocycles. The average molecular weight is 278 g/mol. The van der Waals surface area contributed by atoms with E-state index in [0.29, 0.717) is 30.5 Å². The van der Waals surface area contributed by atoms with E-state index in [-0.39, 0.29) is 11.2 Å². The van der Waals surface area contributed by atoms with E-state index in [4.69, 9.17) is 0 Å². The van der Waals surface area contributed by atoms with Crippen LogP contribution in [0.4, 0.5) is 0 Å². The Morgan fingerprint density at radius 3 is 2.30 bits per heavy atom. The van der Waals surface area contributed by atoms with Gasteiger partial charge in [-0.2, -0.15) is 0 Å². The van der Waals surface area contributed by atoms with E-state index >= 15 is 0 Å². The molecule has 2 atom stereocenters. The first kappa shape index (κ1) is 17.1. The van der Waals surface area contributed by atoms with Gasteiger partial charge in [-0.15, -0.1) is 0 Å². The lowest BCUT2D eigenvalue weighted by molar-refractivity contribution is -0.140. The van der Waals surface area contributed by atoms with E-state index in [2.05, 4.69) is 33.8 Å². The molecule has 0 aromatic rings. The minimum atomic E-state index is -0.0756. The maximum absolute atomic E-state index is 12.5. The number of rotatable bonds is 8. The van der Waals surface area contributed by atoms with Crippen LogP contribution in [0.1, 0.15) is 73.1 Å². The standard InChI is InChI=1S/C18H30O2/c1-13(2)16-11-12-18(16,5)17(20)10-9-14(3)7-6-8-15(4)19/h7,13,16H,6,8-12H2,1-5H3. The van der Waals surface area contributed by atoms with Gasteiger partial charge < -0.3 is 4.79 Å². The van der Waals surface area contributed by atoms with Gasteiger partial charge in [-0.05, 0) is 51.4 Å². The number of hydrogen-bond donors (Lipinski definition) is 0. The predicted molar refractivity (Wildman–Crippen MR) is 83.6 cm³/mol. The lowest BCUT2D eigenvalue weighted by atomic mass is 9.55. The van der Waals surface area contributed by atoms with E-state index in [1.54, 1.807) is 6.92 Å². The lowest BCUT2D eigenvalue weighted by Gasteiger charge is -2.48. The molecule has 20 heavy (non-hydrogen) atoms. The van der Waals surface area contributed by atoms with Crippen molar-refractivity contribution < 1.29 is 9.59 Å². The summed E-state index contributed by atoms with van der Waals surface area (Å²) in [4.78, 5) is 23.4. The molecule has 1 aliphatic rings. The maximum atomic E-state index is 12.5. The summed E-state index contributed by atoms with van der Waals surface area (Å²) in [6.45, 7) is 10.3. The average Bonchev–Trinajstić information content (AvgIpc) is 2.32. The van der Waals surface area contributed by atoms with Crippen LogP contribution in [0.5, 0.6) is 0 Å². The first-order valence-electron chi connectivity index (χ1n) is 7.95. The third-order valence-corrected chi connectivity index (χ3v) is 4.97.